The van der Waals surface area contributed by atoms with Gasteiger partial charge >= 0.3 is 23.9 Å². The standard InChI is InChI=1S/4C12H16N2O2/c4*1-8-6-9(2)14(7-8)11-10(12(15)16)4-3-5-13-11/h4*3-5,8-9H,6-7H2,1-2H3,(H,15,16)/t8-,9+;3*8-,9-/m1100/s1. The molecule has 4 fully saturated rings. The molecule has 4 aliphatic heterocycles. The van der Waals surface area contributed by atoms with Crippen LogP contribution in [-0.4, -0.2) is 115 Å². The van der Waals surface area contributed by atoms with Crippen LogP contribution in [0.4, 0.5) is 23.3 Å². The number of anilines is 4. The predicted molar refractivity (Wildman–Crippen MR) is 247 cm³/mol. The van der Waals surface area contributed by atoms with Gasteiger partial charge in [-0.2, -0.15) is 0 Å². The Hall–Kier alpha value is -6.32. The van der Waals surface area contributed by atoms with Gasteiger partial charge in [-0.05, 0) is 126 Å². The van der Waals surface area contributed by atoms with Gasteiger partial charge < -0.3 is 40.0 Å². The normalized spacial score (nSPS) is 24.8. The van der Waals surface area contributed by atoms with E-state index in [9.17, 15) is 19.2 Å². The van der Waals surface area contributed by atoms with Crippen LogP contribution >= 0.6 is 0 Å². The molecule has 0 aromatic carbocycles. The zero-order chi connectivity index (χ0) is 46.8. The maximum absolute atomic E-state index is 11.1. The quantitative estimate of drug-likeness (QED) is 0.132. The van der Waals surface area contributed by atoms with E-state index in [4.69, 9.17) is 20.4 Å². The number of aromatic nitrogens is 4. The second-order valence-corrected chi connectivity index (χ2v) is 18.1. The summed E-state index contributed by atoms with van der Waals surface area (Å²) in [5.41, 5.74) is 1.18. The Morgan fingerprint density at radius 3 is 0.719 bits per heavy atom. The summed E-state index contributed by atoms with van der Waals surface area (Å²) in [5.74, 6) is 1.17. The highest BCUT2D eigenvalue weighted by Crippen LogP contribution is 2.33. The van der Waals surface area contributed by atoms with E-state index in [2.05, 4.69) is 94.9 Å². The molecule has 4 aromatic heterocycles. The van der Waals surface area contributed by atoms with E-state index < -0.39 is 23.9 Å². The molecule has 0 spiro atoms. The molecular weight excluding hydrogens is 817 g/mol. The molecule has 4 N–H and O–H groups in total. The number of carbonyl (C=O) groups is 4. The second kappa shape index (κ2) is 21.8. The van der Waals surface area contributed by atoms with Crippen molar-refractivity contribution in [1.29, 1.82) is 0 Å². The van der Waals surface area contributed by atoms with Crippen molar-refractivity contribution in [3.05, 3.63) is 95.6 Å². The van der Waals surface area contributed by atoms with E-state index in [0.29, 0.717) is 93.4 Å². The minimum Gasteiger partial charge on any atom is -0.478 e. The molecule has 64 heavy (non-hydrogen) atoms. The van der Waals surface area contributed by atoms with E-state index in [1.165, 1.54) is 0 Å². The molecule has 8 rings (SSSR count). The van der Waals surface area contributed by atoms with E-state index in [0.717, 1.165) is 51.9 Å². The van der Waals surface area contributed by atoms with Gasteiger partial charge in [0.25, 0.3) is 0 Å². The summed E-state index contributed by atoms with van der Waals surface area (Å²) >= 11 is 0. The average Bonchev–Trinajstić information content (AvgIpc) is 4.00. The van der Waals surface area contributed by atoms with Gasteiger partial charge in [0.2, 0.25) is 0 Å². The van der Waals surface area contributed by atoms with Crippen LogP contribution < -0.4 is 19.6 Å². The molecule has 344 valence electrons. The van der Waals surface area contributed by atoms with Crippen molar-refractivity contribution < 1.29 is 39.6 Å². The summed E-state index contributed by atoms with van der Waals surface area (Å²) in [6, 6.07) is 14.6. The molecule has 4 aliphatic rings. The molecule has 0 bridgehead atoms. The monoisotopic (exact) mass is 880 g/mol. The zero-order valence-corrected chi connectivity index (χ0v) is 38.2. The molecule has 16 nitrogen and oxygen atoms in total. The predicted octanol–water partition coefficient (Wildman–Crippen LogP) is 8.06. The van der Waals surface area contributed by atoms with Crippen molar-refractivity contribution in [3.63, 3.8) is 0 Å². The first kappa shape index (κ1) is 48.7. The fourth-order valence-electron chi connectivity index (χ4n) is 9.55. The Labute approximate surface area is 376 Å². The van der Waals surface area contributed by atoms with Crippen molar-refractivity contribution in [3.8, 4) is 0 Å². The van der Waals surface area contributed by atoms with Crippen LogP contribution in [0.15, 0.2) is 73.3 Å². The van der Waals surface area contributed by atoms with Crippen molar-refractivity contribution in [2.75, 3.05) is 45.8 Å². The van der Waals surface area contributed by atoms with Crippen LogP contribution in [0.25, 0.3) is 0 Å². The highest BCUT2D eigenvalue weighted by molar-refractivity contribution is 5.95. The van der Waals surface area contributed by atoms with E-state index in [1.807, 2.05) is 0 Å². The van der Waals surface area contributed by atoms with Crippen molar-refractivity contribution >= 4 is 47.1 Å². The summed E-state index contributed by atoms with van der Waals surface area (Å²) in [6.07, 6.45) is 11.0. The largest absolute Gasteiger partial charge is 0.478 e. The van der Waals surface area contributed by atoms with E-state index in [-0.39, 0.29) is 0 Å². The van der Waals surface area contributed by atoms with Gasteiger partial charge in [-0.15, -0.1) is 0 Å². The minimum atomic E-state index is -0.908. The summed E-state index contributed by atoms with van der Waals surface area (Å²) in [5, 5.41) is 36.4. The van der Waals surface area contributed by atoms with Crippen molar-refractivity contribution in [2.24, 2.45) is 23.7 Å². The average molecular weight is 881 g/mol. The van der Waals surface area contributed by atoms with Crippen molar-refractivity contribution in [2.45, 2.75) is 105 Å². The third-order valence-electron chi connectivity index (χ3n) is 12.3. The van der Waals surface area contributed by atoms with Gasteiger partial charge in [-0.1, -0.05) is 27.7 Å². The number of hydrogen-bond acceptors (Lipinski definition) is 12. The SMILES string of the molecule is C[C@@H]1C[C@@H](C)N(c2ncccc2C(=O)O)C1.C[C@@H]1C[C@H](C)N(c2ncccc2C(=O)O)C1.C[C@H]1C[C@H](C)N(c2ncccc2C(=O)O)C1.C[C@H]1C[C@H](C)N(c2ncccc2C(=O)O)C1. The summed E-state index contributed by atoms with van der Waals surface area (Å²) in [7, 11) is 0. The van der Waals surface area contributed by atoms with E-state index >= 15 is 0 Å². The number of nitrogens with zero attached hydrogens (tertiary/aromatic N) is 8. The molecule has 8 atom stereocenters. The van der Waals surface area contributed by atoms with Gasteiger partial charge in [-0.25, -0.2) is 39.1 Å². The number of carboxylic acid groups (broad SMARTS) is 4. The first-order chi connectivity index (χ1) is 30.4. The maximum atomic E-state index is 11.1. The zero-order valence-electron chi connectivity index (χ0n) is 38.2. The van der Waals surface area contributed by atoms with Crippen LogP contribution in [0.3, 0.4) is 0 Å². The third-order valence-corrected chi connectivity index (χ3v) is 12.3. The fraction of sp³-hybridized carbons (Fsp3) is 0.500. The van der Waals surface area contributed by atoms with Crippen LogP contribution in [0.5, 0.6) is 0 Å². The first-order valence-electron chi connectivity index (χ1n) is 22.2. The molecule has 0 unspecified atom stereocenters. The number of hydrogen-bond donors (Lipinski definition) is 4. The Kier molecular flexibility index (Phi) is 16.6. The van der Waals surface area contributed by atoms with Crippen LogP contribution in [-0.2, 0) is 0 Å². The Morgan fingerprint density at radius 1 is 0.391 bits per heavy atom. The van der Waals surface area contributed by atoms with Gasteiger partial charge in [0, 0.05) is 75.1 Å². The summed E-state index contributed by atoms with van der Waals surface area (Å²) in [4.78, 5) is 69.6. The molecule has 4 aromatic rings. The highest BCUT2D eigenvalue weighted by atomic mass is 16.4. The maximum Gasteiger partial charge on any atom is 0.339 e. The molecule has 0 aliphatic carbocycles. The highest BCUT2D eigenvalue weighted by Gasteiger charge is 2.33. The lowest BCUT2D eigenvalue weighted by Gasteiger charge is -2.23. The van der Waals surface area contributed by atoms with Crippen molar-refractivity contribution in [1.82, 2.24) is 19.9 Å². The molecule has 8 heterocycles. The number of rotatable bonds is 8. The third kappa shape index (κ3) is 12.0. The Morgan fingerprint density at radius 2 is 0.578 bits per heavy atom. The molecule has 16 heteroatoms. The minimum absolute atomic E-state index is 0.295. The molecule has 4 saturated heterocycles. The lowest BCUT2D eigenvalue weighted by atomic mass is 10.1. The van der Waals surface area contributed by atoms with E-state index in [1.54, 1.807) is 73.3 Å². The number of aromatic carboxylic acids is 4. The number of pyridine rings is 4. The second-order valence-electron chi connectivity index (χ2n) is 18.1. The summed E-state index contributed by atoms with van der Waals surface area (Å²) < 4.78 is 0. The Bertz CT molecular complexity index is 1930. The fourth-order valence-corrected chi connectivity index (χ4v) is 9.55. The molecule has 0 amide bonds. The van der Waals surface area contributed by atoms with Gasteiger partial charge in [0.1, 0.15) is 45.5 Å². The van der Waals surface area contributed by atoms with Gasteiger partial charge in [0.15, 0.2) is 0 Å². The molecular formula is C48H64N8O8. The molecule has 0 saturated carbocycles. The van der Waals surface area contributed by atoms with Crippen LogP contribution in [0, 0.1) is 23.7 Å². The van der Waals surface area contributed by atoms with Crippen LogP contribution in [0.2, 0.25) is 0 Å². The molecule has 0 radical (unpaired) electrons. The van der Waals surface area contributed by atoms with Crippen LogP contribution in [0.1, 0.15) is 123 Å². The summed E-state index contributed by atoms with van der Waals surface area (Å²) in [6.45, 7) is 20.7. The smallest absolute Gasteiger partial charge is 0.339 e. The number of carboxylic acids is 4. The topological polar surface area (TPSA) is 214 Å². The lowest BCUT2D eigenvalue weighted by molar-refractivity contribution is 0.0686. The Balaban J connectivity index is 0.000000161. The first-order valence-corrected chi connectivity index (χ1v) is 22.2. The lowest BCUT2D eigenvalue weighted by Crippen LogP contribution is -2.29. The van der Waals surface area contributed by atoms with Gasteiger partial charge in [-0.3, -0.25) is 0 Å². The van der Waals surface area contributed by atoms with Gasteiger partial charge in [0.05, 0.1) is 0 Å².